The lowest BCUT2D eigenvalue weighted by Crippen LogP contribution is -2.44. The number of carbonyl (C=O) groups is 2. The van der Waals surface area contributed by atoms with Gasteiger partial charge in [0.2, 0.25) is 5.76 Å². The van der Waals surface area contributed by atoms with Crippen LogP contribution in [-0.4, -0.2) is 43.6 Å². The van der Waals surface area contributed by atoms with Crippen molar-refractivity contribution < 1.29 is 23.5 Å². The molecule has 0 unspecified atom stereocenters. The van der Waals surface area contributed by atoms with Crippen LogP contribution in [0.4, 0.5) is 0 Å². The molecule has 1 aromatic carbocycles. The minimum absolute atomic E-state index is 0.126. The predicted molar refractivity (Wildman–Crippen MR) is 97.3 cm³/mol. The number of esters is 1. The SMILES string of the molecule is COc1ccc2oc(C(=O)OCC(=O)N3C[C@H](C)C[C@@H](C)C3)c(C)c2c1. The van der Waals surface area contributed by atoms with E-state index < -0.39 is 5.97 Å². The summed E-state index contributed by atoms with van der Waals surface area (Å²) >= 11 is 0. The lowest BCUT2D eigenvalue weighted by molar-refractivity contribution is -0.137. The van der Waals surface area contributed by atoms with Crippen LogP contribution in [0.25, 0.3) is 11.0 Å². The third-order valence-electron chi connectivity index (χ3n) is 4.88. The molecule has 0 N–H and O–H groups in total. The highest BCUT2D eigenvalue weighted by Gasteiger charge is 2.27. The van der Waals surface area contributed by atoms with Gasteiger partial charge in [-0.15, -0.1) is 0 Å². The molecule has 26 heavy (non-hydrogen) atoms. The maximum Gasteiger partial charge on any atom is 0.375 e. The molecular formula is C20H25NO5. The predicted octanol–water partition coefficient (Wildman–Crippen LogP) is 3.41. The second kappa shape index (κ2) is 7.40. The summed E-state index contributed by atoms with van der Waals surface area (Å²) in [6, 6.07) is 5.33. The zero-order valence-corrected chi connectivity index (χ0v) is 15.7. The first-order chi connectivity index (χ1) is 12.4. The van der Waals surface area contributed by atoms with Crippen LogP contribution in [0, 0.1) is 18.8 Å². The minimum Gasteiger partial charge on any atom is -0.497 e. The molecule has 1 aliphatic heterocycles. The van der Waals surface area contributed by atoms with E-state index in [0.717, 1.165) is 11.8 Å². The highest BCUT2D eigenvalue weighted by atomic mass is 16.5. The summed E-state index contributed by atoms with van der Waals surface area (Å²) in [6.45, 7) is 7.21. The first kappa shape index (κ1) is 18.3. The van der Waals surface area contributed by atoms with Gasteiger partial charge < -0.3 is 18.8 Å². The Bertz CT molecular complexity index is 815. The highest BCUT2D eigenvalue weighted by molar-refractivity contribution is 5.97. The van der Waals surface area contributed by atoms with E-state index in [1.54, 1.807) is 31.1 Å². The number of rotatable bonds is 4. The van der Waals surface area contributed by atoms with Crippen molar-refractivity contribution in [3.8, 4) is 5.75 Å². The Morgan fingerprint density at radius 1 is 1.23 bits per heavy atom. The number of furan rings is 1. The maximum atomic E-state index is 12.4. The number of hydrogen-bond donors (Lipinski definition) is 0. The van der Waals surface area contributed by atoms with Crippen LogP contribution in [0.15, 0.2) is 22.6 Å². The number of benzene rings is 1. The number of nitrogens with zero attached hydrogens (tertiary/aromatic N) is 1. The molecule has 0 radical (unpaired) electrons. The average molecular weight is 359 g/mol. The van der Waals surface area contributed by atoms with E-state index in [1.807, 2.05) is 6.07 Å². The number of fused-ring (bicyclic) bond motifs is 1. The van der Waals surface area contributed by atoms with Crippen LogP contribution in [0.5, 0.6) is 5.75 Å². The Hall–Kier alpha value is -2.50. The number of carbonyl (C=O) groups excluding carboxylic acids is 2. The van der Waals surface area contributed by atoms with Gasteiger partial charge in [0.15, 0.2) is 6.61 Å². The molecule has 3 rings (SSSR count). The van der Waals surface area contributed by atoms with Crippen LogP contribution >= 0.6 is 0 Å². The van der Waals surface area contributed by atoms with E-state index in [1.165, 1.54) is 0 Å². The number of likely N-dealkylation sites (tertiary alicyclic amines) is 1. The van der Waals surface area contributed by atoms with E-state index >= 15 is 0 Å². The summed E-state index contributed by atoms with van der Waals surface area (Å²) in [4.78, 5) is 26.5. The number of amides is 1. The molecule has 1 aliphatic rings. The summed E-state index contributed by atoms with van der Waals surface area (Å²) in [6.07, 6.45) is 1.12. The van der Waals surface area contributed by atoms with Gasteiger partial charge in [0, 0.05) is 24.0 Å². The molecule has 140 valence electrons. The van der Waals surface area contributed by atoms with E-state index in [2.05, 4.69) is 13.8 Å². The van der Waals surface area contributed by atoms with Gasteiger partial charge in [-0.1, -0.05) is 13.8 Å². The standard InChI is InChI=1S/C20H25NO5/c1-12-7-13(2)10-21(9-12)18(22)11-25-20(23)19-14(3)16-8-15(24-4)5-6-17(16)26-19/h5-6,8,12-13H,7,9-11H2,1-4H3/t12-,13-/m1/s1. The second-order valence-corrected chi connectivity index (χ2v) is 7.24. The second-order valence-electron chi connectivity index (χ2n) is 7.24. The molecule has 6 nitrogen and oxygen atoms in total. The van der Waals surface area contributed by atoms with E-state index in [4.69, 9.17) is 13.9 Å². The summed E-state index contributed by atoms with van der Waals surface area (Å²) in [7, 11) is 1.58. The van der Waals surface area contributed by atoms with Crippen molar-refractivity contribution in [3.63, 3.8) is 0 Å². The number of hydrogen-bond acceptors (Lipinski definition) is 5. The van der Waals surface area contributed by atoms with Crippen molar-refractivity contribution in [2.24, 2.45) is 11.8 Å². The Labute approximate surface area is 153 Å². The number of piperidine rings is 1. The third kappa shape index (κ3) is 3.69. The Morgan fingerprint density at radius 2 is 1.92 bits per heavy atom. The van der Waals surface area contributed by atoms with Crippen LogP contribution in [0.1, 0.15) is 36.4 Å². The van der Waals surface area contributed by atoms with Gasteiger partial charge in [-0.05, 0) is 43.4 Å². The smallest absolute Gasteiger partial charge is 0.375 e. The van der Waals surface area contributed by atoms with Gasteiger partial charge in [0.25, 0.3) is 5.91 Å². The zero-order valence-electron chi connectivity index (χ0n) is 15.7. The molecular weight excluding hydrogens is 334 g/mol. The molecule has 1 saturated heterocycles. The third-order valence-corrected chi connectivity index (χ3v) is 4.88. The van der Waals surface area contributed by atoms with Crippen molar-refractivity contribution >= 4 is 22.8 Å². The van der Waals surface area contributed by atoms with Gasteiger partial charge in [0.05, 0.1) is 7.11 Å². The van der Waals surface area contributed by atoms with Gasteiger partial charge in [-0.3, -0.25) is 4.79 Å². The molecule has 0 spiro atoms. The van der Waals surface area contributed by atoms with Crippen LogP contribution in [0.2, 0.25) is 0 Å². The first-order valence-electron chi connectivity index (χ1n) is 8.91. The van der Waals surface area contributed by atoms with Crippen LogP contribution < -0.4 is 4.74 Å². The Kier molecular flexibility index (Phi) is 5.20. The molecule has 0 aliphatic carbocycles. The number of ether oxygens (including phenoxy) is 2. The van der Waals surface area contributed by atoms with Gasteiger partial charge in [0.1, 0.15) is 11.3 Å². The monoisotopic (exact) mass is 359 g/mol. The fourth-order valence-electron chi connectivity index (χ4n) is 3.67. The fourth-order valence-corrected chi connectivity index (χ4v) is 3.67. The number of methoxy groups -OCH3 is 1. The molecule has 1 aromatic heterocycles. The topological polar surface area (TPSA) is 69.0 Å². The Morgan fingerprint density at radius 3 is 2.58 bits per heavy atom. The average Bonchev–Trinajstić information content (AvgIpc) is 2.94. The molecule has 1 amide bonds. The summed E-state index contributed by atoms with van der Waals surface area (Å²) < 4.78 is 16.0. The van der Waals surface area contributed by atoms with Crippen molar-refractivity contribution in [2.45, 2.75) is 27.2 Å². The van der Waals surface area contributed by atoms with Crippen LogP contribution in [0.3, 0.4) is 0 Å². The van der Waals surface area contributed by atoms with Gasteiger partial charge in [-0.2, -0.15) is 0 Å². The first-order valence-corrected chi connectivity index (χ1v) is 8.91. The van der Waals surface area contributed by atoms with E-state index in [0.29, 0.717) is 41.8 Å². The fraction of sp³-hybridized carbons (Fsp3) is 0.500. The largest absolute Gasteiger partial charge is 0.497 e. The normalized spacial score (nSPS) is 20.2. The zero-order chi connectivity index (χ0) is 18.8. The van der Waals surface area contributed by atoms with Crippen LogP contribution in [-0.2, 0) is 9.53 Å². The summed E-state index contributed by atoms with van der Waals surface area (Å²) in [5, 5.41) is 0.793. The molecule has 0 saturated carbocycles. The molecule has 0 bridgehead atoms. The van der Waals surface area contributed by atoms with Gasteiger partial charge >= 0.3 is 5.97 Å². The van der Waals surface area contributed by atoms with Crippen molar-refractivity contribution in [1.29, 1.82) is 0 Å². The maximum absolute atomic E-state index is 12.4. The lowest BCUT2D eigenvalue weighted by Gasteiger charge is -2.34. The number of aryl methyl sites for hydroxylation is 1. The van der Waals surface area contributed by atoms with Crippen molar-refractivity contribution in [2.75, 3.05) is 26.8 Å². The van der Waals surface area contributed by atoms with E-state index in [-0.39, 0.29) is 18.3 Å². The Balaban J connectivity index is 1.67. The van der Waals surface area contributed by atoms with Crippen molar-refractivity contribution in [3.05, 3.63) is 29.5 Å². The van der Waals surface area contributed by atoms with E-state index in [9.17, 15) is 9.59 Å². The molecule has 1 fully saturated rings. The van der Waals surface area contributed by atoms with Gasteiger partial charge in [-0.25, -0.2) is 4.79 Å². The molecule has 2 aromatic rings. The summed E-state index contributed by atoms with van der Waals surface area (Å²) in [5.74, 6) is 0.958. The molecule has 2 atom stereocenters. The summed E-state index contributed by atoms with van der Waals surface area (Å²) in [5.41, 5.74) is 1.26. The molecule has 2 heterocycles. The lowest BCUT2D eigenvalue weighted by atomic mass is 9.92. The highest BCUT2D eigenvalue weighted by Crippen LogP contribution is 2.29. The molecule has 6 heteroatoms. The minimum atomic E-state index is -0.621. The van der Waals surface area contributed by atoms with Crippen molar-refractivity contribution in [1.82, 2.24) is 4.90 Å². The quantitative estimate of drug-likeness (QED) is 0.783.